The second-order valence-electron chi connectivity index (χ2n) is 13.4. The van der Waals surface area contributed by atoms with E-state index in [9.17, 15) is 19.8 Å². The number of likely N-dealkylation sites (tertiary alicyclic amines) is 1. The van der Waals surface area contributed by atoms with Gasteiger partial charge in [0.25, 0.3) is 5.91 Å². The molecule has 9 heteroatoms. The summed E-state index contributed by atoms with van der Waals surface area (Å²) in [5.74, 6) is -2.13. The number of nitrogens with zero attached hydrogens (tertiary/aromatic N) is 4. The van der Waals surface area contributed by atoms with Crippen LogP contribution in [0.15, 0.2) is 42.7 Å². The number of aromatic nitrogens is 2. The fraction of sp³-hybridized carbons (Fsp3) is 0.485. The van der Waals surface area contributed by atoms with Crippen LogP contribution >= 0.6 is 0 Å². The van der Waals surface area contributed by atoms with E-state index in [1.165, 1.54) is 35.8 Å². The number of aliphatic carboxylic acids is 1. The Morgan fingerprint density at radius 3 is 2.52 bits per heavy atom. The highest BCUT2D eigenvalue weighted by molar-refractivity contribution is 6.01. The molecule has 1 atom stereocenters. The molecule has 1 unspecified atom stereocenters. The molecule has 6 aliphatic rings. The standard InChI is InChI=1S/C33H35FN4O4/c34-26-13-21(12-24-25(26)14-38(30(24)40)29(31(41)42)28-27-2-1-9-37(27)19-35-28)20-3-5-22(6-4-20)33-15-32(16-33,17-33)18-36-10-7-23(39)8-11-36/h3-6,12-13,19,23,29,39H,1-2,7-11,14-18H2,(H,41,42). The van der Waals surface area contributed by atoms with Gasteiger partial charge >= 0.3 is 5.97 Å². The van der Waals surface area contributed by atoms with Crippen molar-refractivity contribution in [3.63, 3.8) is 0 Å². The predicted molar refractivity (Wildman–Crippen MR) is 152 cm³/mol. The molecular weight excluding hydrogens is 535 g/mol. The SMILES string of the molecule is O=C(O)C(c1ncn2c1CCC2)N1Cc2c(F)cc(-c3ccc(C45CC(CN6CCC(O)CC6)(C4)C5)cc3)cc2C1=O. The van der Waals surface area contributed by atoms with Crippen LogP contribution in [0.1, 0.15) is 77.4 Å². The lowest BCUT2D eigenvalue weighted by atomic mass is 9.33. The van der Waals surface area contributed by atoms with Gasteiger partial charge in [0, 0.05) is 43.0 Å². The van der Waals surface area contributed by atoms with E-state index in [2.05, 4.69) is 22.0 Å². The first-order valence-corrected chi connectivity index (χ1v) is 15.2. The summed E-state index contributed by atoms with van der Waals surface area (Å²) in [6, 6.07) is 10.2. The Balaban J connectivity index is 0.991. The Labute approximate surface area is 243 Å². The number of aliphatic hydroxyl groups excluding tert-OH is 1. The third-order valence-corrected chi connectivity index (χ3v) is 10.7. The molecule has 4 heterocycles. The summed E-state index contributed by atoms with van der Waals surface area (Å²) >= 11 is 0. The summed E-state index contributed by atoms with van der Waals surface area (Å²) in [6.45, 7) is 3.80. The minimum absolute atomic E-state index is 0.0925. The number of carboxylic acids is 1. The minimum atomic E-state index is -1.25. The van der Waals surface area contributed by atoms with Crippen LogP contribution in [0.5, 0.6) is 0 Å². The number of rotatable bonds is 7. The molecule has 2 N–H and O–H groups in total. The van der Waals surface area contributed by atoms with Crippen LogP contribution in [-0.4, -0.2) is 67.2 Å². The van der Waals surface area contributed by atoms with Crippen molar-refractivity contribution >= 4 is 11.9 Å². The molecule has 1 aromatic heterocycles. The lowest BCUT2D eigenvalue weighted by Gasteiger charge is -2.72. The van der Waals surface area contributed by atoms with Crippen molar-refractivity contribution in [2.75, 3.05) is 19.6 Å². The average molecular weight is 571 g/mol. The number of halogens is 1. The Kier molecular flexibility index (Phi) is 5.73. The highest BCUT2D eigenvalue weighted by Gasteiger charge is 2.68. The molecular formula is C33H35FN4O4. The van der Waals surface area contributed by atoms with Crippen molar-refractivity contribution in [3.05, 3.63) is 76.6 Å². The van der Waals surface area contributed by atoms with Crippen LogP contribution < -0.4 is 0 Å². The fourth-order valence-corrected chi connectivity index (χ4v) is 8.73. The van der Waals surface area contributed by atoms with Crippen LogP contribution in [0.4, 0.5) is 4.39 Å². The number of hydrogen-bond acceptors (Lipinski definition) is 5. The van der Waals surface area contributed by atoms with Gasteiger partial charge in [-0.25, -0.2) is 14.2 Å². The molecule has 1 amide bonds. The average Bonchev–Trinajstić information content (AvgIpc) is 3.64. The van der Waals surface area contributed by atoms with Crippen molar-refractivity contribution in [3.8, 4) is 11.1 Å². The summed E-state index contributed by atoms with van der Waals surface area (Å²) in [5, 5.41) is 19.9. The molecule has 1 saturated heterocycles. The lowest BCUT2D eigenvalue weighted by Crippen LogP contribution is -2.68. The molecule has 3 aromatic rings. The summed E-state index contributed by atoms with van der Waals surface area (Å²) < 4.78 is 17.4. The van der Waals surface area contributed by atoms with Crippen LogP contribution in [0.3, 0.4) is 0 Å². The molecule has 42 heavy (non-hydrogen) atoms. The van der Waals surface area contributed by atoms with Gasteiger partial charge in [0.2, 0.25) is 0 Å². The highest BCUT2D eigenvalue weighted by Crippen LogP contribution is 2.73. The second-order valence-corrected chi connectivity index (χ2v) is 13.4. The molecule has 218 valence electrons. The molecule has 9 rings (SSSR count). The largest absolute Gasteiger partial charge is 0.479 e. The van der Waals surface area contributed by atoms with Gasteiger partial charge in [-0.05, 0) is 84.6 Å². The highest BCUT2D eigenvalue weighted by atomic mass is 19.1. The number of aryl methyl sites for hydroxylation is 1. The molecule has 0 radical (unpaired) electrons. The quantitative estimate of drug-likeness (QED) is 0.440. The van der Waals surface area contributed by atoms with Gasteiger partial charge in [0.15, 0.2) is 6.04 Å². The molecule has 3 aliphatic heterocycles. The van der Waals surface area contributed by atoms with Gasteiger partial charge in [-0.15, -0.1) is 0 Å². The maximum absolute atomic E-state index is 15.4. The van der Waals surface area contributed by atoms with Gasteiger partial charge in [0.05, 0.1) is 24.7 Å². The molecule has 3 aliphatic carbocycles. The van der Waals surface area contributed by atoms with E-state index in [1.807, 2.05) is 16.7 Å². The van der Waals surface area contributed by atoms with E-state index < -0.39 is 23.7 Å². The van der Waals surface area contributed by atoms with E-state index in [-0.39, 0.29) is 29.2 Å². The maximum atomic E-state index is 15.4. The van der Waals surface area contributed by atoms with E-state index in [1.54, 1.807) is 12.4 Å². The Morgan fingerprint density at radius 1 is 1.07 bits per heavy atom. The van der Waals surface area contributed by atoms with E-state index >= 15 is 4.39 Å². The second kappa shape index (κ2) is 9.22. The van der Waals surface area contributed by atoms with Crippen molar-refractivity contribution in [2.45, 2.75) is 75.6 Å². The molecule has 8 nitrogen and oxygen atoms in total. The zero-order chi connectivity index (χ0) is 28.8. The normalized spacial score (nSPS) is 27.4. The number of benzene rings is 2. The number of hydrogen-bond donors (Lipinski definition) is 2. The topological polar surface area (TPSA) is 98.9 Å². The fourth-order valence-electron chi connectivity index (χ4n) is 8.73. The monoisotopic (exact) mass is 570 g/mol. The van der Waals surface area contributed by atoms with Crippen molar-refractivity contribution in [1.29, 1.82) is 0 Å². The van der Waals surface area contributed by atoms with Crippen molar-refractivity contribution in [1.82, 2.24) is 19.4 Å². The molecule has 0 spiro atoms. The molecule has 3 saturated carbocycles. The number of carbonyl (C=O) groups excluding carboxylic acids is 1. The van der Waals surface area contributed by atoms with Gasteiger partial charge < -0.3 is 24.6 Å². The number of amides is 1. The molecule has 2 aromatic carbocycles. The number of piperidine rings is 1. The Hall–Kier alpha value is -3.56. The zero-order valence-corrected chi connectivity index (χ0v) is 23.6. The predicted octanol–water partition coefficient (Wildman–Crippen LogP) is 4.30. The van der Waals surface area contributed by atoms with E-state index in [0.29, 0.717) is 23.1 Å². The first kappa shape index (κ1) is 26.1. The number of aliphatic hydroxyl groups is 1. The first-order chi connectivity index (χ1) is 20.2. The lowest BCUT2D eigenvalue weighted by molar-refractivity contribution is -0.159. The van der Waals surface area contributed by atoms with Crippen molar-refractivity contribution in [2.24, 2.45) is 5.41 Å². The number of carboxylic acid groups (broad SMARTS) is 1. The number of imidazole rings is 1. The van der Waals surface area contributed by atoms with Gasteiger partial charge in [-0.2, -0.15) is 0 Å². The Morgan fingerprint density at radius 2 is 1.81 bits per heavy atom. The first-order valence-electron chi connectivity index (χ1n) is 15.2. The summed E-state index contributed by atoms with van der Waals surface area (Å²) in [4.78, 5) is 34.0. The molecule has 4 fully saturated rings. The van der Waals surface area contributed by atoms with Crippen molar-refractivity contribution < 1.29 is 24.2 Å². The smallest absolute Gasteiger partial charge is 0.332 e. The third-order valence-electron chi connectivity index (χ3n) is 10.7. The van der Waals surface area contributed by atoms with Gasteiger partial charge in [-0.3, -0.25) is 4.79 Å². The van der Waals surface area contributed by atoms with Crippen LogP contribution in [0.2, 0.25) is 0 Å². The Bertz CT molecular complexity index is 1590. The van der Waals surface area contributed by atoms with E-state index in [4.69, 9.17) is 0 Å². The third kappa shape index (κ3) is 3.89. The van der Waals surface area contributed by atoms with Crippen LogP contribution in [0, 0.1) is 11.2 Å². The van der Waals surface area contributed by atoms with Gasteiger partial charge in [-0.1, -0.05) is 24.3 Å². The minimum Gasteiger partial charge on any atom is -0.479 e. The van der Waals surface area contributed by atoms with Gasteiger partial charge in [0.1, 0.15) is 5.82 Å². The molecule has 2 bridgehead atoms. The van der Waals surface area contributed by atoms with Crippen LogP contribution in [0.25, 0.3) is 11.1 Å². The zero-order valence-electron chi connectivity index (χ0n) is 23.6. The summed E-state index contributed by atoms with van der Waals surface area (Å²) in [5.41, 5.74) is 5.12. The maximum Gasteiger partial charge on any atom is 0.332 e. The number of carbonyl (C=O) groups is 2. The summed E-state index contributed by atoms with van der Waals surface area (Å²) in [6.07, 6.45) is 8.46. The number of fused-ring (bicyclic) bond motifs is 2. The summed E-state index contributed by atoms with van der Waals surface area (Å²) in [7, 11) is 0. The van der Waals surface area contributed by atoms with E-state index in [0.717, 1.165) is 56.7 Å². The van der Waals surface area contributed by atoms with Crippen LogP contribution in [-0.2, 0) is 29.7 Å².